The van der Waals surface area contributed by atoms with Crippen molar-refractivity contribution in [2.75, 3.05) is 32.8 Å². The van der Waals surface area contributed by atoms with Crippen molar-refractivity contribution in [3.05, 3.63) is 23.8 Å². The van der Waals surface area contributed by atoms with E-state index in [0.29, 0.717) is 43.6 Å². The van der Waals surface area contributed by atoms with Crippen LogP contribution in [0, 0.1) is 0 Å². The molecular formula is C16H17NO5. The first-order valence-electron chi connectivity index (χ1n) is 7.40. The number of nitrogens with zero attached hydrogens (tertiary/aromatic N) is 1. The van der Waals surface area contributed by atoms with Crippen LogP contribution >= 0.6 is 0 Å². The Hall–Kier alpha value is -2.21. The van der Waals surface area contributed by atoms with Gasteiger partial charge < -0.3 is 19.3 Å². The van der Waals surface area contributed by atoms with Crippen molar-refractivity contribution in [3.63, 3.8) is 0 Å². The van der Waals surface area contributed by atoms with E-state index in [1.54, 1.807) is 0 Å². The molecule has 1 fully saturated rings. The average molecular weight is 303 g/mol. The second kappa shape index (κ2) is 4.91. The highest BCUT2D eigenvalue weighted by Crippen LogP contribution is 2.47. The van der Waals surface area contributed by atoms with E-state index >= 15 is 0 Å². The molecule has 1 atom stereocenters. The lowest BCUT2D eigenvalue weighted by atomic mass is 9.97. The summed E-state index contributed by atoms with van der Waals surface area (Å²) in [6.07, 6.45) is 4.83. The lowest BCUT2D eigenvalue weighted by molar-refractivity contribution is -0.138. The summed E-state index contributed by atoms with van der Waals surface area (Å²) in [5.74, 6) is 1.25. The first-order chi connectivity index (χ1) is 10.7. The predicted octanol–water partition coefficient (Wildman–Crippen LogP) is 1.39. The highest BCUT2D eigenvalue weighted by atomic mass is 16.6. The summed E-state index contributed by atoms with van der Waals surface area (Å²) in [5.41, 5.74) is 0.491. The van der Waals surface area contributed by atoms with Gasteiger partial charge in [-0.1, -0.05) is 6.08 Å². The minimum Gasteiger partial charge on any atom is -0.486 e. The Morgan fingerprint density at radius 3 is 3.00 bits per heavy atom. The average Bonchev–Trinajstić information content (AvgIpc) is 2.89. The van der Waals surface area contributed by atoms with E-state index in [1.165, 1.54) is 0 Å². The van der Waals surface area contributed by atoms with Gasteiger partial charge in [0, 0.05) is 25.1 Å². The number of fused-ring (bicyclic) bond motifs is 3. The summed E-state index contributed by atoms with van der Waals surface area (Å²) in [6, 6.07) is 3.85. The summed E-state index contributed by atoms with van der Waals surface area (Å²) in [5, 5.41) is 8.94. The van der Waals surface area contributed by atoms with Crippen LogP contribution in [0.3, 0.4) is 0 Å². The predicted molar refractivity (Wildman–Crippen MR) is 78.5 cm³/mol. The Balaban J connectivity index is 1.63. The van der Waals surface area contributed by atoms with Crippen LogP contribution in [0.1, 0.15) is 12.0 Å². The fraction of sp³-hybridized carbons (Fsp3) is 0.438. The fourth-order valence-electron chi connectivity index (χ4n) is 3.25. The Bertz CT molecular complexity index is 656. The number of ether oxygens (including phenoxy) is 3. The maximum atomic E-state index is 10.9. The number of aliphatic carboxylic acids is 1. The van der Waals surface area contributed by atoms with Gasteiger partial charge in [-0.2, -0.15) is 0 Å². The molecule has 1 spiro atoms. The molecule has 0 bridgehead atoms. The number of carbonyl (C=O) groups is 1. The number of hydrogen-bond acceptors (Lipinski definition) is 5. The summed E-state index contributed by atoms with van der Waals surface area (Å²) in [4.78, 5) is 12.8. The third kappa shape index (κ3) is 2.20. The van der Waals surface area contributed by atoms with E-state index in [-0.39, 0.29) is 6.54 Å². The van der Waals surface area contributed by atoms with Crippen LogP contribution in [0.4, 0.5) is 0 Å². The van der Waals surface area contributed by atoms with E-state index in [4.69, 9.17) is 19.3 Å². The Kier molecular flexibility index (Phi) is 3.00. The van der Waals surface area contributed by atoms with Crippen LogP contribution < -0.4 is 14.2 Å². The van der Waals surface area contributed by atoms with E-state index < -0.39 is 11.6 Å². The molecule has 6 nitrogen and oxygen atoms in total. The van der Waals surface area contributed by atoms with Crippen molar-refractivity contribution >= 4 is 12.0 Å². The third-order valence-electron chi connectivity index (χ3n) is 4.27. The van der Waals surface area contributed by atoms with Crippen LogP contribution in [0.2, 0.25) is 0 Å². The summed E-state index contributed by atoms with van der Waals surface area (Å²) >= 11 is 0. The topological polar surface area (TPSA) is 68.2 Å². The first-order valence-corrected chi connectivity index (χ1v) is 7.40. The van der Waals surface area contributed by atoms with Crippen LogP contribution in [0.5, 0.6) is 17.2 Å². The molecule has 0 radical (unpaired) electrons. The van der Waals surface area contributed by atoms with E-state index in [9.17, 15) is 4.79 Å². The van der Waals surface area contributed by atoms with Crippen molar-refractivity contribution in [3.8, 4) is 17.2 Å². The Morgan fingerprint density at radius 2 is 2.14 bits per heavy atom. The van der Waals surface area contributed by atoms with Gasteiger partial charge in [-0.15, -0.1) is 0 Å². The molecule has 0 saturated carbocycles. The number of likely N-dealkylation sites (tertiary alicyclic amines) is 1. The summed E-state index contributed by atoms with van der Waals surface area (Å²) < 4.78 is 17.6. The molecule has 1 unspecified atom stereocenters. The largest absolute Gasteiger partial charge is 0.486 e. The van der Waals surface area contributed by atoms with Gasteiger partial charge in [-0.3, -0.25) is 9.69 Å². The maximum Gasteiger partial charge on any atom is 0.317 e. The molecule has 0 aliphatic carbocycles. The van der Waals surface area contributed by atoms with E-state index in [0.717, 1.165) is 12.0 Å². The van der Waals surface area contributed by atoms with Gasteiger partial charge in [-0.05, 0) is 18.2 Å². The number of hydrogen-bond donors (Lipinski definition) is 1. The molecule has 1 saturated heterocycles. The molecule has 22 heavy (non-hydrogen) atoms. The van der Waals surface area contributed by atoms with Gasteiger partial charge >= 0.3 is 5.97 Å². The van der Waals surface area contributed by atoms with Gasteiger partial charge in [0.25, 0.3) is 0 Å². The molecule has 1 aromatic rings. The first kappa shape index (κ1) is 13.5. The van der Waals surface area contributed by atoms with Crippen molar-refractivity contribution < 1.29 is 24.1 Å². The highest BCUT2D eigenvalue weighted by molar-refractivity contribution is 5.70. The lowest BCUT2D eigenvalue weighted by Gasteiger charge is -2.33. The normalized spacial score (nSPS) is 25.8. The second-order valence-corrected chi connectivity index (χ2v) is 5.86. The van der Waals surface area contributed by atoms with Gasteiger partial charge in [-0.25, -0.2) is 0 Å². The quantitative estimate of drug-likeness (QED) is 0.890. The zero-order chi connectivity index (χ0) is 15.2. The van der Waals surface area contributed by atoms with Gasteiger partial charge in [0.05, 0.1) is 6.54 Å². The monoisotopic (exact) mass is 303 g/mol. The molecule has 1 aromatic carbocycles. The SMILES string of the molecule is O=C(O)CN1CCC2(C=Cc3ccc4c(c3O2)OCCO4)C1. The van der Waals surface area contributed by atoms with E-state index in [1.807, 2.05) is 29.2 Å². The molecule has 116 valence electrons. The zero-order valence-corrected chi connectivity index (χ0v) is 12.1. The Labute approximate surface area is 127 Å². The molecular weight excluding hydrogens is 286 g/mol. The van der Waals surface area contributed by atoms with Crippen LogP contribution in [-0.4, -0.2) is 54.4 Å². The molecule has 0 aromatic heterocycles. The van der Waals surface area contributed by atoms with Crippen LogP contribution in [0.25, 0.3) is 6.08 Å². The summed E-state index contributed by atoms with van der Waals surface area (Å²) in [6.45, 7) is 2.37. The number of rotatable bonds is 2. The van der Waals surface area contributed by atoms with Crippen LogP contribution in [-0.2, 0) is 4.79 Å². The maximum absolute atomic E-state index is 10.9. The fourth-order valence-corrected chi connectivity index (χ4v) is 3.25. The van der Waals surface area contributed by atoms with Crippen molar-refractivity contribution in [2.24, 2.45) is 0 Å². The molecule has 4 rings (SSSR count). The minimum atomic E-state index is -0.814. The molecule has 0 amide bonds. The van der Waals surface area contributed by atoms with Crippen LogP contribution in [0.15, 0.2) is 18.2 Å². The number of carboxylic acids is 1. The smallest absolute Gasteiger partial charge is 0.317 e. The highest BCUT2D eigenvalue weighted by Gasteiger charge is 2.42. The molecule has 3 heterocycles. The van der Waals surface area contributed by atoms with Crippen molar-refractivity contribution in [2.45, 2.75) is 12.0 Å². The summed E-state index contributed by atoms with van der Waals surface area (Å²) in [7, 11) is 0. The van der Waals surface area contributed by atoms with Crippen molar-refractivity contribution in [1.29, 1.82) is 0 Å². The molecule has 1 N–H and O–H groups in total. The van der Waals surface area contributed by atoms with E-state index in [2.05, 4.69) is 0 Å². The van der Waals surface area contributed by atoms with Gasteiger partial charge in [0.2, 0.25) is 5.75 Å². The Morgan fingerprint density at radius 1 is 1.27 bits per heavy atom. The standard InChI is InChI=1S/C16H17NO5/c18-13(19)9-17-6-5-16(10-17)4-3-11-1-2-12-15(14(11)22-16)21-8-7-20-12/h1-4H,5-10H2,(H,18,19). The van der Waals surface area contributed by atoms with Gasteiger partial charge in [0.1, 0.15) is 18.8 Å². The molecule has 6 heteroatoms. The van der Waals surface area contributed by atoms with Crippen molar-refractivity contribution in [1.82, 2.24) is 4.90 Å². The van der Waals surface area contributed by atoms with Gasteiger partial charge in [0.15, 0.2) is 11.5 Å². The lowest BCUT2D eigenvalue weighted by Crippen LogP contribution is -2.40. The number of benzene rings is 1. The second-order valence-electron chi connectivity index (χ2n) is 5.86. The molecule has 3 aliphatic rings. The zero-order valence-electron chi connectivity index (χ0n) is 12.1. The molecule has 3 aliphatic heterocycles. The number of carboxylic acid groups (broad SMARTS) is 1. The third-order valence-corrected chi connectivity index (χ3v) is 4.27. The minimum absolute atomic E-state index is 0.0400.